The standard InChI is InChI=1S/C23H27BrN2O2S/c1-15(2)22(25-18(5)19-8-6-16(3)7-9-19)13-29(28)14-23(27)26-20-10-11-21(24)17(4)12-20/h6-12H,13-14H2,1-5H3,(H,26,27)/b25-18+. The Hall–Kier alpha value is -1.89. The van der Waals surface area contributed by atoms with Gasteiger partial charge in [-0.1, -0.05) is 51.3 Å². The number of anilines is 1. The number of carbonyl (C=O) groups is 1. The third-order valence-corrected chi connectivity index (χ3v) is 6.45. The van der Waals surface area contributed by atoms with Crippen LogP contribution >= 0.6 is 15.9 Å². The number of hydrogen-bond donors (Lipinski definition) is 1. The van der Waals surface area contributed by atoms with Crippen molar-refractivity contribution < 1.29 is 9.35 Å². The quantitative estimate of drug-likeness (QED) is 0.421. The highest BCUT2D eigenvalue weighted by Gasteiger charge is 2.17. The number of amides is 1. The predicted octanol–water partition coefficient (Wildman–Crippen LogP) is 5.56. The summed E-state index contributed by atoms with van der Waals surface area (Å²) in [5, 5.41) is 2.81. The first-order valence-corrected chi connectivity index (χ1v) is 11.6. The number of allylic oxidation sites excluding steroid dienone is 1. The first-order chi connectivity index (χ1) is 13.7. The number of nitrogens with zero attached hydrogens (tertiary/aromatic N) is 1. The van der Waals surface area contributed by atoms with Gasteiger partial charge in [0.25, 0.3) is 5.91 Å². The van der Waals surface area contributed by atoms with Crippen LogP contribution in [-0.4, -0.2) is 27.7 Å². The summed E-state index contributed by atoms with van der Waals surface area (Å²) in [6.07, 6.45) is 0. The van der Waals surface area contributed by atoms with Crippen LogP contribution in [0, 0.1) is 13.8 Å². The van der Waals surface area contributed by atoms with Crippen LogP contribution in [-0.2, 0) is 16.0 Å². The maximum atomic E-state index is 12.6. The molecule has 0 radical (unpaired) electrons. The molecule has 2 rings (SSSR count). The number of carbonyl (C=O) groups excluding carboxylic acids is 1. The summed E-state index contributed by atoms with van der Waals surface area (Å²) in [6, 6.07) is 13.7. The van der Waals surface area contributed by atoms with Crippen LogP contribution in [0.4, 0.5) is 5.69 Å². The summed E-state index contributed by atoms with van der Waals surface area (Å²) in [7, 11) is 0. The number of hydrogen-bond acceptors (Lipinski definition) is 3. The van der Waals surface area contributed by atoms with Crippen molar-refractivity contribution in [2.24, 2.45) is 4.99 Å². The fourth-order valence-electron chi connectivity index (χ4n) is 2.62. The number of halogens is 1. The van der Waals surface area contributed by atoms with Crippen LogP contribution in [0.5, 0.6) is 0 Å². The molecule has 0 saturated carbocycles. The molecule has 0 spiro atoms. The molecule has 6 heteroatoms. The van der Waals surface area contributed by atoms with Crippen LogP contribution < -0.4 is 5.32 Å². The lowest BCUT2D eigenvalue weighted by Gasteiger charge is -2.14. The van der Waals surface area contributed by atoms with Gasteiger partial charge in [0, 0.05) is 15.9 Å². The van der Waals surface area contributed by atoms with Gasteiger partial charge in [-0.15, -0.1) is 0 Å². The normalized spacial score (nSPS) is 12.4. The Morgan fingerprint density at radius 1 is 1.07 bits per heavy atom. The third-order valence-electron chi connectivity index (χ3n) is 4.38. The SMILES string of the molecule is CC(C)=C(C[S+]([O-])CC(=O)Nc1ccc(Br)c(C)c1)/N=C(\C)c1ccc(C)cc1. The van der Waals surface area contributed by atoms with E-state index in [1.165, 1.54) is 5.56 Å². The number of rotatable bonds is 7. The lowest BCUT2D eigenvalue weighted by Crippen LogP contribution is -2.25. The van der Waals surface area contributed by atoms with Gasteiger partial charge in [-0.3, -0.25) is 9.79 Å². The van der Waals surface area contributed by atoms with Gasteiger partial charge in [-0.25, -0.2) is 0 Å². The summed E-state index contributed by atoms with van der Waals surface area (Å²) in [5.74, 6) is -0.0825. The highest BCUT2D eigenvalue weighted by Crippen LogP contribution is 2.20. The highest BCUT2D eigenvalue weighted by atomic mass is 79.9. The van der Waals surface area contributed by atoms with E-state index in [4.69, 9.17) is 4.99 Å². The Kier molecular flexibility index (Phi) is 8.68. The van der Waals surface area contributed by atoms with Gasteiger partial charge in [0.2, 0.25) is 0 Å². The van der Waals surface area contributed by atoms with Gasteiger partial charge in [0.05, 0.1) is 5.70 Å². The van der Waals surface area contributed by atoms with Crippen molar-refractivity contribution in [1.29, 1.82) is 0 Å². The lowest BCUT2D eigenvalue weighted by molar-refractivity contribution is -0.113. The fourth-order valence-corrected chi connectivity index (χ4v) is 3.99. The van der Waals surface area contributed by atoms with Gasteiger partial charge in [0.1, 0.15) is 5.75 Å². The van der Waals surface area contributed by atoms with E-state index in [2.05, 4.69) is 21.2 Å². The molecule has 2 aromatic carbocycles. The van der Waals surface area contributed by atoms with E-state index in [0.717, 1.165) is 32.6 Å². The van der Waals surface area contributed by atoms with E-state index in [-0.39, 0.29) is 17.4 Å². The van der Waals surface area contributed by atoms with Crippen molar-refractivity contribution in [3.05, 3.63) is 74.9 Å². The number of aryl methyl sites for hydroxylation is 2. The molecule has 0 aromatic heterocycles. The first-order valence-electron chi connectivity index (χ1n) is 9.35. The molecular weight excluding hydrogens is 448 g/mol. The summed E-state index contributed by atoms with van der Waals surface area (Å²) in [6.45, 7) is 9.83. The lowest BCUT2D eigenvalue weighted by atomic mass is 10.1. The molecule has 0 aliphatic rings. The Bertz CT molecular complexity index is 932. The maximum absolute atomic E-state index is 12.6. The zero-order valence-electron chi connectivity index (χ0n) is 17.5. The van der Waals surface area contributed by atoms with Crippen molar-refractivity contribution in [1.82, 2.24) is 0 Å². The molecule has 0 heterocycles. The molecule has 1 N–H and O–H groups in total. The summed E-state index contributed by atoms with van der Waals surface area (Å²) >= 11 is 2.09. The van der Waals surface area contributed by atoms with Crippen molar-refractivity contribution in [2.75, 3.05) is 16.8 Å². The number of benzene rings is 2. The van der Waals surface area contributed by atoms with Crippen LogP contribution in [0.15, 0.2) is 63.2 Å². The molecule has 0 aliphatic carbocycles. The molecule has 0 aliphatic heterocycles. The van der Waals surface area contributed by atoms with Gasteiger partial charge in [-0.2, -0.15) is 0 Å². The van der Waals surface area contributed by atoms with Gasteiger partial charge >= 0.3 is 0 Å². The molecular formula is C23H27BrN2O2S. The van der Waals surface area contributed by atoms with Crippen LogP contribution in [0.3, 0.4) is 0 Å². The zero-order valence-corrected chi connectivity index (χ0v) is 19.9. The highest BCUT2D eigenvalue weighted by molar-refractivity contribution is 9.10. The summed E-state index contributed by atoms with van der Waals surface area (Å²) in [4.78, 5) is 17.0. The molecule has 2 aromatic rings. The van der Waals surface area contributed by atoms with Gasteiger partial charge in [0.15, 0.2) is 5.75 Å². The van der Waals surface area contributed by atoms with Crippen LogP contribution in [0.2, 0.25) is 0 Å². The monoisotopic (exact) mass is 474 g/mol. The second kappa shape index (κ2) is 10.8. The van der Waals surface area contributed by atoms with Crippen molar-refractivity contribution >= 4 is 44.4 Å². The minimum atomic E-state index is -1.35. The van der Waals surface area contributed by atoms with Crippen molar-refractivity contribution in [2.45, 2.75) is 34.6 Å². The van der Waals surface area contributed by atoms with E-state index >= 15 is 0 Å². The van der Waals surface area contributed by atoms with Gasteiger partial charge < -0.3 is 9.87 Å². The molecule has 4 nitrogen and oxygen atoms in total. The predicted molar refractivity (Wildman–Crippen MR) is 127 cm³/mol. The molecule has 1 amide bonds. The number of aliphatic imine (C=N–C) groups is 1. The molecule has 0 saturated heterocycles. The Labute approximate surface area is 184 Å². The van der Waals surface area contributed by atoms with Crippen molar-refractivity contribution in [3.8, 4) is 0 Å². The Balaban J connectivity index is 2.02. The van der Waals surface area contributed by atoms with E-state index in [0.29, 0.717) is 5.69 Å². The first kappa shape index (κ1) is 23.4. The summed E-state index contributed by atoms with van der Waals surface area (Å²) < 4.78 is 13.6. The van der Waals surface area contributed by atoms with E-state index in [1.54, 1.807) is 0 Å². The minimum Gasteiger partial charge on any atom is -0.616 e. The average molecular weight is 475 g/mol. The second-order valence-corrected chi connectivity index (χ2v) is 9.56. The maximum Gasteiger partial charge on any atom is 0.274 e. The van der Waals surface area contributed by atoms with Crippen LogP contribution in [0.25, 0.3) is 0 Å². The van der Waals surface area contributed by atoms with E-state index < -0.39 is 11.2 Å². The zero-order chi connectivity index (χ0) is 21.6. The smallest absolute Gasteiger partial charge is 0.274 e. The third kappa shape index (κ3) is 7.46. The van der Waals surface area contributed by atoms with E-state index in [9.17, 15) is 9.35 Å². The largest absolute Gasteiger partial charge is 0.616 e. The fraction of sp³-hybridized carbons (Fsp3) is 0.304. The molecule has 154 valence electrons. The van der Waals surface area contributed by atoms with Crippen LogP contribution in [0.1, 0.15) is 37.5 Å². The summed E-state index contributed by atoms with van der Waals surface area (Å²) in [5.41, 5.74) is 6.57. The van der Waals surface area contributed by atoms with Gasteiger partial charge in [-0.05, 0) is 75.1 Å². The molecule has 0 fully saturated rings. The molecule has 29 heavy (non-hydrogen) atoms. The minimum absolute atomic E-state index is 0.0645. The molecule has 0 bridgehead atoms. The van der Waals surface area contributed by atoms with E-state index in [1.807, 2.05) is 77.1 Å². The number of nitrogens with one attached hydrogen (secondary N) is 1. The molecule has 1 atom stereocenters. The average Bonchev–Trinajstić information content (AvgIpc) is 2.64. The molecule has 1 unspecified atom stereocenters. The Morgan fingerprint density at radius 2 is 1.72 bits per heavy atom. The topological polar surface area (TPSA) is 64.5 Å². The second-order valence-electron chi connectivity index (χ2n) is 7.25. The Morgan fingerprint density at radius 3 is 2.31 bits per heavy atom. The van der Waals surface area contributed by atoms with Crippen molar-refractivity contribution in [3.63, 3.8) is 0 Å².